The lowest BCUT2D eigenvalue weighted by Gasteiger charge is -2.33. The quantitative estimate of drug-likeness (QED) is 0.773. The lowest BCUT2D eigenvalue weighted by molar-refractivity contribution is -0.131. The van der Waals surface area contributed by atoms with Crippen LogP contribution in [-0.2, 0) is 4.79 Å². The highest BCUT2D eigenvalue weighted by Crippen LogP contribution is 2.08. The van der Waals surface area contributed by atoms with Gasteiger partial charge in [-0.1, -0.05) is 13.8 Å². The number of nitrogens with one attached hydrogen (secondary N) is 1. The highest BCUT2D eigenvalue weighted by atomic mass is 16.2. The lowest BCUT2D eigenvalue weighted by Crippen LogP contribution is -2.51. The summed E-state index contributed by atoms with van der Waals surface area (Å²) < 4.78 is 0. The molecule has 1 atom stereocenters. The number of hydrogen-bond acceptors (Lipinski definition) is 3. The van der Waals surface area contributed by atoms with E-state index in [-0.39, 0.29) is 5.91 Å². The van der Waals surface area contributed by atoms with Gasteiger partial charge in [0, 0.05) is 45.7 Å². The van der Waals surface area contributed by atoms with Crippen molar-refractivity contribution in [1.29, 1.82) is 0 Å². The molecule has 1 saturated heterocycles. The summed E-state index contributed by atoms with van der Waals surface area (Å²) in [7, 11) is 4.02. The fraction of sp³-hybridized carbons (Fsp3) is 0.923. The molecule has 1 aliphatic rings. The fourth-order valence-electron chi connectivity index (χ4n) is 2.02. The molecule has 1 rings (SSSR count). The summed E-state index contributed by atoms with van der Waals surface area (Å²) in [4.78, 5) is 16.2. The Morgan fingerprint density at radius 2 is 2.24 bits per heavy atom. The molecule has 1 N–H and O–H groups in total. The molecule has 0 bridgehead atoms. The van der Waals surface area contributed by atoms with E-state index in [4.69, 9.17) is 0 Å². The summed E-state index contributed by atoms with van der Waals surface area (Å²) in [5.74, 6) is 0.926. The van der Waals surface area contributed by atoms with Crippen LogP contribution in [-0.4, -0.2) is 62.0 Å². The van der Waals surface area contributed by atoms with Gasteiger partial charge in [-0.25, -0.2) is 0 Å². The first kappa shape index (κ1) is 14.5. The molecule has 17 heavy (non-hydrogen) atoms. The largest absolute Gasteiger partial charge is 0.346 e. The smallest absolute Gasteiger partial charge is 0.223 e. The maximum atomic E-state index is 12.0. The van der Waals surface area contributed by atoms with Gasteiger partial charge < -0.3 is 15.1 Å². The predicted octanol–water partition coefficient (Wildman–Crippen LogP) is 0.785. The molecular formula is C13H27N3O. The number of nitrogens with zero attached hydrogens (tertiary/aromatic N) is 2. The van der Waals surface area contributed by atoms with E-state index in [1.54, 1.807) is 0 Å². The molecule has 0 spiro atoms. The Kier molecular flexibility index (Phi) is 5.92. The van der Waals surface area contributed by atoms with E-state index in [0.717, 1.165) is 32.6 Å². The number of carbonyl (C=O) groups is 1. The van der Waals surface area contributed by atoms with Crippen molar-refractivity contribution >= 4 is 5.91 Å². The number of carbonyl (C=O) groups excluding carboxylic acids is 1. The minimum Gasteiger partial charge on any atom is -0.346 e. The molecule has 1 fully saturated rings. The number of piperazine rings is 1. The molecule has 1 amide bonds. The first-order valence-corrected chi connectivity index (χ1v) is 6.65. The molecule has 1 aliphatic heterocycles. The van der Waals surface area contributed by atoms with Crippen molar-refractivity contribution in [2.45, 2.75) is 32.7 Å². The first-order chi connectivity index (χ1) is 8.00. The first-order valence-electron chi connectivity index (χ1n) is 6.65. The number of rotatable bonds is 5. The predicted molar refractivity (Wildman–Crippen MR) is 71.0 cm³/mol. The van der Waals surface area contributed by atoms with E-state index in [1.807, 2.05) is 11.9 Å². The van der Waals surface area contributed by atoms with Crippen molar-refractivity contribution in [3.63, 3.8) is 0 Å². The Morgan fingerprint density at radius 3 is 2.82 bits per heavy atom. The molecule has 100 valence electrons. The number of likely N-dealkylation sites (N-methyl/N-ethyl adjacent to an activating group) is 1. The second kappa shape index (κ2) is 6.97. The molecule has 4 nitrogen and oxygen atoms in total. The molecule has 0 radical (unpaired) electrons. The van der Waals surface area contributed by atoms with Crippen molar-refractivity contribution in [2.24, 2.45) is 5.92 Å². The van der Waals surface area contributed by atoms with Crippen molar-refractivity contribution < 1.29 is 4.79 Å². The third kappa shape index (κ3) is 5.04. The minimum atomic E-state index is 0.270. The lowest BCUT2D eigenvalue weighted by atomic mass is 10.1. The van der Waals surface area contributed by atoms with Gasteiger partial charge in [0.2, 0.25) is 5.91 Å². The van der Waals surface area contributed by atoms with Crippen molar-refractivity contribution in [3.8, 4) is 0 Å². The molecule has 0 aromatic rings. The highest BCUT2D eigenvalue weighted by molar-refractivity contribution is 5.76. The van der Waals surface area contributed by atoms with Crippen LogP contribution in [0.3, 0.4) is 0 Å². The van der Waals surface area contributed by atoms with Crippen LogP contribution in [0.2, 0.25) is 0 Å². The van der Waals surface area contributed by atoms with Crippen LogP contribution < -0.4 is 5.32 Å². The average molecular weight is 241 g/mol. The highest BCUT2D eigenvalue weighted by Gasteiger charge is 2.22. The second-order valence-corrected chi connectivity index (χ2v) is 5.54. The second-order valence-electron chi connectivity index (χ2n) is 5.54. The van der Waals surface area contributed by atoms with Gasteiger partial charge in [0.25, 0.3) is 0 Å². The van der Waals surface area contributed by atoms with Crippen LogP contribution in [0.25, 0.3) is 0 Å². The van der Waals surface area contributed by atoms with Gasteiger partial charge in [-0.3, -0.25) is 4.79 Å². The van der Waals surface area contributed by atoms with E-state index in [2.05, 4.69) is 31.1 Å². The van der Waals surface area contributed by atoms with E-state index in [1.165, 1.54) is 0 Å². The van der Waals surface area contributed by atoms with E-state index in [9.17, 15) is 4.79 Å². The zero-order chi connectivity index (χ0) is 12.8. The molecule has 1 unspecified atom stereocenters. The maximum Gasteiger partial charge on any atom is 0.223 e. The molecule has 1 heterocycles. The molecular weight excluding hydrogens is 214 g/mol. The van der Waals surface area contributed by atoms with E-state index >= 15 is 0 Å². The number of hydrogen-bond donors (Lipinski definition) is 1. The standard InChI is InChI=1S/C13H27N3O/c1-11(2)5-7-16(4)13(17)9-12-10-14-6-8-15(12)3/h11-12,14H,5-10H2,1-4H3. The van der Waals surface area contributed by atoms with Gasteiger partial charge in [0.05, 0.1) is 0 Å². The van der Waals surface area contributed by atoms with Gasteiger partial charge >= 0.3 is 0 Å². The van der Waals surface area contributed by atoms with Crippen LogP contribution in [0.5, 0.6) is 0 Å². The Morgan fingerprint density at radius 1 is 1.53 bits per heavy atom. The van der Waals surface area contributed by atoms with Gasteiger partial charge in [-0.15, -0.1) is 0 Å². The normalized spacial score (nSPS) is 21.8. The van der Waals surface area contributed by atoms with Crippen molar-refractivity contribution in [2.75, 3.05) is 40.3 Å². The fourth-order valence-corrected chi connectivity index (χ4v) is 2.02. The monoisotopic (exact) mass is 241 g/mol. The SMILES string of the molecule is CC(C)CCN(C)C(=O)CC1CNCCN1C. The summed E-state index contributed by atoms with van der Waals surface area (Å²) >= 11 is 0. The van der Waals surface area contributed by atoms with Gasteiger partial charge in [0.15, 0.2) is 0 Å². The Bertz CT molecular complexity index is 243. The molecule has 0 aromatic carbocycles. The average Bonchev–Trinajstić information content (AvgIpc) is 2.28. The summed E-state index contributed by atoms with van der Waals surface area (Å²) in [6.07, 6.45) is 1.72. The third-order valence-corrected chi connectivity index (χ3v) is 3.52. The molecule has 0 aromatic heterocycles. The van der Waals surface area contributed by atoms with Gasteiger partial charge in [0.1, 0.15) is 0 Å². The zero-order valence-electron chi connectivity index (χ0n) is 11.7. The Labute approximate surface area is 105 Å². The van der Waals surface area contributed by atoms with E-state index < -0.39 is 0 Å². The van der Waals surface area contributed by atoms with E-state index in [0.29, 0.717) is 18.4 Å². The van der Waals surface area contributed by atoms with Crippen molar-refractivity contribution in [3.05, 3.63) is 0 Å². The molecule has 0 aliphatic carbocycles. The Hall–Kier alpha value is -0.610. The number of amides is 1. The van der Waals surface area contributed by atoms with Crippen LogP contribution in [0.4, 0.5) is 0 Å². The zero-order valence-corrected chi connectivity index (χ0v) is 11.7. The molecule has 0 saturated carbocycles. The topological polar surface area (TPSA) is 35.6 Å². The van der Waals surface area contributed by atoms with Crippen molar-refractivity contribution in [1.82, 2.24) is 15.1 Å². The van der Waals surface area contributed by atoms with Gasteiger partial charge in [-0.2, -0.15) is 0 Å². The maximum absolute atomic E-state index is 12.0. The Balaban J connectivity index is 2.31. The summed E-state index contributed by atoms with van der Waals surface area (Å²) in [5.41, 5.74) is 0. The van der Waals surface area contributed by atoms with Gasteiger partial charge in [-0.05, 0) is 19.4 Å². The van der Waals surface area contributed by atoms with Crippen LogP contribution in [0, 0.1) is 5.92 Å². The summed E-state index contributed by atoms with van der Waals surface area (Å²) in [5, 5.41) is 3.35. The van der Waals surface area contributed by atoms with Crippen LogP contribution in [0.1, 0.15) is 26.7 Å². The minimum absolute atomic E-state index is 0.270. The third-order valence-electron chi connectivity index (χ3n) is 3.52. The summed E-state index contributed by atoms with van der Waals surface area (Å²) in [6, 6.07) is 0.359. The molecule has 4 heteroatoms. The van der Waals surface area contributed by atoms with Crippen LogP contribution in [0.15, 0.2) is 0 Å². The van der Waals surface area contributed by atoms with Crippen LogP contribution >= 0.6 is 0 Å². The summed E-state index contributed by atoms with van der Waals surface area (Å²) in [6.45, 7) is 8.26.